The zero-order valence-corrected chi connectivity index (χ0v) is 21.5. The van der Waals surface area contributed by atoms with Gasteiger partial charge in [0.25, 0.3) is 5.91 Å². The van der Waals surface area contributed by atoms with Crippen molar-refractivity contribution in [3.63, 3.8) is 0 Å². The Morgan fingerprint density at radius 2 is 1.69 bits per heavy atom. The molecule has 7 heteroatoms. The molecule has 0 bridgehead atoms. The van der Waals surface area contributed by atoms with E-state index in [4.69, 9.17) is 21.4 Å². The van der Waals surface area contributed by atoms with Gasteiger partial charge in [0.2, 0.25) is 0 Å². The third kappa shape index (κ3) is 3.46. The molecule has 3 aromatic rings. The fourth-order valence-electron chi connectivity index (χ4n) is 5.97. The lowest BCUT2D eigenvalue weighted by Gasteiger charge is -2.53. The molecule has 184 valence electrons. The van der Waals surface area contributed by atoms with Crippen LogP contribution in [0.25, 0.3) is 0 Å². The highest BCUT2D eigenvalue weighted by Crippen LogP contribution is 2.49. The molecule has 0 unspecified atom stereocenters. The first-order valence-corrected chi connectivity index (χ1v) is 12.7. The second kappa shape index (κ2) is 8.56. The van der Waals surface area contributed by atoms with Crippen molar-refractivity contribution in [2.75, 3.05) is 41.6 Å². The van der Waals surface area contributed by atoms with Crippen LogP contribution in [0.4, 0.5) is 17.1 Å². The minimum Gasteiger partial charge on any atom is -0.497 e. The number of benzene rings is 3. The Labute approximate surface area is 216 Å². The van der Waals surface area contributed by atoms with E-state index in [9.17, 15) is 4.79 Å². The normalized spacial score (nSPS) is 23.0. The van der Waals surface area contributed by atoms with Gasteiger partial charge in [-0.1, -0.05) is 35.4 Å². The molecule has 2 atom stereocenters. The first-order chi connectivity index (χ1) is 17.4. The van der Waals surface area contributed by atoms with Crippen LogP contribution in [0.3, 0.4) is 0 Å². The maximum atomic E-state index is 14.4. The van der Waals surface area contributed by atoms with Gasteiger partial charge in [-0.25, -0.2) is 0 Å². The lowest BCUT2D eigenvalue weighted by molar-refractivity contribution is -0.125. The van der Waals surface area contributed by atoms with Crippen molar-refractivity contribution in [3.8, 4) is 5.75 Å². The minimum absolute atomic E-state index is 0.0380. The maximum Gasteiger partial charge on any atom is 0.261 e. The predicted molar refractivity (Wildman–Crippen MR) is 146 cm³/mol. The van der Waals surface area contributed by atoms with Crippen LogP contribution in [-0.4, -0.2) is 44.4 Å². The van der Waals surface area contributed by atoms with Crippen LogP contribution in [0.5, 0.6) is 5.75 Å². The average Bonchev–Trinajstić information content (AvgIpc) is 3.15. The molecule has 1 spiro atoms. The van der Waals surface area contributed by atoms with E-state index in [1.54, 1.807) is 12.1 Å². The zero-order valence-electron chi connectivity index (χ0n) is 20.7. The molecule has 0 radical (unpaired) electrons. The molecule has 3 aliphatic rings. The van der Waals surface area contributed by atoms with E-state index in [-0.39, 0.29) is 11.9 Å². The number of methoxy groups -OCH3 is 1. The summed E-state index contributed by atoms with van der Waals surface area (Å²) in [6, 6.07) is 22.1. The Hall–Kier alpha value is -3.51. The Balaban J connectivity index is 1.43. The van der Waals surface area contributed by atoms with Gasteiger partial charge in [-0.15, -0.1) is 0 Å². The third-order valence-corrected chi connectivity index (χ3v) is 8.20. The fourth-order valence-corrected chi connectivity index (χ4v) is 6.14. The molecule has 3 aromatic carbocycles. The number of halogens is 1. The van der Waals surface area contributed by atoms with Gasteiger partial charge in [0, 0.05) is 36.0 Å². The number of ether oxygens (including phenoxy) is 1. The van der Waals surface area contributed by atoms with E-state index >= 15 is 0 Å². The van der Waals surface area contributed by atoms with Gasteiger partial charge in [0.1, 0.15) is 11.2 Å². The SMILES string of the molecule is COc1ccc(N2CCN3c4cc(Cl)ccc4C[C@@]4(C(=O)N(c5ccc(C)cc5)N=C4C)[C@@H]3C2)cc1. The number of rotatable bonds is 3. The summed E-state index contributed by atoms with van der Waals surface area (Å²) in [6.07, 6.45) is 0.605. The number of amides is 1. The summed E-state index contributed by atoms with van der Waals surface area (Å²) >= 11 is 6.44. The largest absolute Gasteiger partial charge is 0.497 e. The monoisotopic (exact) mass is 500 g/mol. The lowest BCUT2D eigenvalue weighted by Crippen LogP contribution is -2.67. The van der Waals surface area contributed by atoms with E-state index in [0.717, 1.165) is 52.7 Å². The molecule has 3 aliphatic heterocycles. The topological polar surface area (TPSA) is 48.4 Å². The smallest absolute Gasteiger partial charge is 0.261 e. The number of hydrogen-bond donors (Lipinski definition) is 0. The highest BCUT2D eigenvalue weighted by Gasteiger charge is 2.60. The van der Waals surface area contributed by atoms with Crippen LogP contribution in [0.15, 0.2) is 71.8 Å². The zero-order chi connectivity index (χ0) is 25.0. The Morgan fingerprint density at radius 1 is 0.972 bits per heavy atom. The van der Waals surface area contributed by atoms with Crippen LogP contribution in [-0.2, 0) is 11.2 Å². The summed E-state index contributed by atoms with van der Waals surface area (Å²) in [7, 11) is 1.68. The van der Waals surface area contributed by atoms with Crippen LogP contribution in [0.2, 0.25) is 5.02 Å². The second-order valence-electron chi connectivity index (χ2n) is 9.91. The van der Waals surface area contributed by atoms with Gasteiger partial charge in [-0.3, -0.25) is 4.79 Å². The molecule has 3 heterocycles. The second-order valence-corrected chi connectivity index (χ2v) is 10.3. The van der Waals surface area contributed by atoms with E-state index < -0.39 is 5.41 Å². The van der Waals surface area contributed by atoms with E-state index in [0.29, 0.717) is 18.0 Å². The lowest BCUT2D eigenvalue weighted by atomic mass is 9.67. The average molecular weight is 501 g/mol. The van der Waals surface area contributed by atoms with Crippen molar-refractivity contribution in [1.82, 2.24) is 0 Å². The molecule has 1 saturated heterocycles. The summed E-state index contributed by atoms with van der Waals surface area (Å²) in [5.74, 6) is 0.869. The first-order valence-electron chi connectivity index (χ1n) is 12.3. The molecule has 6 rings (SSSR count). The van der Waals surface area contributed by atoms with Crippen molar-refractivity contribution >= 4 is 40.3 Å². The summed E-state index contributed by atoms with van der Waals surface area (Å²) in [6.45, 7) is 6.40. The number of fused-ring (bicyclic) bond motifs is 4. The van der Waals surface area contributed by atoms with Gasteiger partial charge in [-0.05, 0) is 74.4 Å². The number of piperazine rings is 1. The van der Waals surface area contributed by atoms with Crippen molar-refractivity contribution in [1.29, 1.82) is 0 Å². The minimum atomic E-state index is -0.753. The van der Waals surface area contributed by atoms with E-state index in [1.165, 1.54) is 0 Å². The molecule has 0 N–H and O–H groups in total. The number of nitrogens with zero attached hydrogens (tertiary/aromatic N) is 4. The van der Waals surface area contributed by atoms with E-state index in [2.05, 4.69) is 28.0 Å². The number of hydrazone groups is 1. The Bertz CT molecular complexity index is 1350. The molecule has 0 aromatic heterocycles. The van der Waals surface area contributed by atoms with Crippen molar-refractivity contribution < 1.29 is 9.53 Å². The summed E-state index contributed by atoms with van der Waals surface area (Å²) in [4.78, 5) is 19.1. The molecular weight excluding hydrogens is 472 g/mol. The first kappa shape index (κ1) is 22.9. The van der Waals surface area contributed by atoms with Crippen LogP contribution in [0.1, 0.15) is 18.1 Å². The molecule has 0 aliphatic carbocycles. The predicted octanol–water partition coefficient (Wildman–Crippen LogP) is 5.32. The summed E-state index contributed by atoms with van der Waals surface area (Å²) < 4.78 is 5.35. The number of carbonyl (C=O) groups excluding carboxylic acids is 1. The van der Waals surface area contributed by atoms with Crippen molar-refractivity contribution in [2.24, 2.45) is 10.5 Å². The van der Waals surface area contributed by atoms with Crippen LogP contribution in [0, 0.1) is 12.3 Å². The number of hydrogen-bond acceptors (Lipinski definition) is 5. The van der Waals surface area contributed by atoms with Crippen molar-refractivity contribution in [2.45, 2.75) is 26.3 Å². The standard InChI is InChI=1S/C29H29ClN4O2/c1-19-4-8-24(9-5-19)34-28(35)29(20(2)31-34)17-21-6-7-22(30)16-26(21)33-15-14-32(18-27(29)33)23-10-12-25(36-3)13-11-23/h4-13,16,27H,14-15,17-18H2,1-3H3/t27-,29-/m0/s1. The Kier molecular flexibility index (Phi) is 5.45. The van der Waals surface area contributed by atoms with E-state index in [1.807, 2.05) is 62.4 Å². The highest BCUT2D eigenvalue weighted by atomic mass is 35.5. The van der Waals surface area contributed by atoms with Gasteiger partial charge in [-0.2, -0.15) is 10.1 Å². The van der Waals surface area contributed by atoms with Crippen LogP contribution < -0.4 is 19.5 Å². The van der Waals surface area contributed by atoms with Gasteiger partial charge in [0.15, 0.2) is 0 Å². The maximum absolute atomic E-state index is 14.4. The molecule has 0 saturated carbocycles. The molecule has 36 heavy (non-hydrogen) atoms. The van der Waals surface area contributed by atoms with Gasteiger partial charge < -0.3 is 14.5 Å². The number of aryl methyl sites for hydroxylation is 1. The van der Waals surface area contributed by atoms with Crippen molar-refractivity contribution in [3.05, 3.63) is 82.9 Å². The molecular formula is C29H29ClN4O2. The summed E-state index contributed by atoms with van der Waals surface area (Å²) in [5, 5.41) is 7.19. The molecule has 6 nitrogen and oxygen atoms in total. The molecule has 1 amide bonds. The third-order valence-electron chi connectivity index (χ3n) is 7.96. The number of anilines is 3. The van der Waals surface area contributed by atoms with Gasteiger partial charge >= 0.3 is 0 Å². The summed E-state index contributed by atoms with van der Waals surface area (Å²) in [5.41, 5.74) is 5.45. The fraction of sp³-hybridized carbons (Fsp3) is 0.310. The molecule has 1 fully saturated rings. The van der Waals surface area contributed by atoms with Gasteiger partial charge in [0.05, 0.1) is 24.6 Å². The Morgan fingerprint density at radius 3 is 2.42 bits per heavy atom. The van der Waals surface area contributed by atoms with Crippen LogP contribution >= 0.6 is 11.6 Å². The number of carbonyl (C=O) groups is 1. The quantitative estimate of drug-likeness (QED) is 0.488. The highest BCUT2D eigenvalue weighted by molar-refractivity contribution is 6.31.